The van der Waals surface area contributed by atoms with Gasteiger partial charge in [-0.1, -0.05) is 26.2 Å². The Labute approximate surface area is 110 Å². The first-order chi connectivity index (χ1) is 8.65. The Morgan fingerprint density at radius 2 is 1.94 bits per heavy atom. The second-order valence-corrected chi connectivity index (χ2v) is 5.10. The Morgan fingerprint density at radius 1 is 1.28 bits per heavy atom. The molecule has 0 bridgehead atoms. The van der Waals surface area contributed by atoms with Crippen LogP contribution in [0.15, 0.2) is 0 Å². The van der Waals surface area contributed by atoms with Gasteiger partial charge in [0, 0.05) is 32.5 Å². The highest BCUT2D eigenvalue weighted by Gasteiger charge is 2.24. The van der Waals surface area contributed by atoms with Crippen LogP contribution in [0.25, 0.3) is 0 Å². The molecular weight excluding hydrogens is 228 g/mol. The number of rotatable bonds is 7. The van der Waals surface area contributed by atoms with Crippen molar-refractivity contribution in [1.82, 2.24) is 10.2 Å². The summed E-state index contributed by atoms with van der Waals surface area (Å²) in [4.78, 5) is 25.1. The van der Waals surface area contributed by atoms with Crippen LogP contribution in [0.4, 0.5) is 0 Å². The van der Waals surface area contributed by atoms with E-state index in [1.807, 2.05) is 4.90 Å². The molecule has 1 fully saturated rings. The van der Waals surface area contributed by atoms with Crippen LogP contribution in [-0.2, 0) is 9.59 Å². The van der Waals surface area contributed by atoms with Crippen molar-refractivity contribution < 1.29 is 9.59 Å². The molecule has 1 aliphatic carbocycles. The number of unbranched alkanes of at least 4 members (excludes halogenated alkanes) is 1. The Kier molecular flexibility index (Phi) is 6.76. The molecule has 4 nitrogen and oxygen atoms in total. The fraction of sp³-hybridized carbons (Fsp3) is 0.857. The topological polar surface area (TPSA) is 49.4 Å². The number of hydrogen-bond donors (Lipinski definition) is 1. The van der Waals surface area contributed by atoms with Crippen LogP contribution in [0.2, 0.25) is 0 Å². The lowest BCUT2D eigenvalue weighted by Gasteiger charge is -2.27. The minimum Gasteiger partial charge on any atom is -0.356 e. The number of carbonyl (C=O) groups excluding carboxylic acids is 2. The van der Waals surface area contributed by atoms with Crippen LogP contribution in [-0.4, -0.2) is 35.8 Å². The standard InChI is InChI=1S/C14H26N2O2/c1-3-4-10-15-14(18)9-11-16(12(2)17)13-7-5-6-8-13/h13H,3-11H2,1-2H3,(H,15,18). The van der Waals surface area contributed by atoms with Crippen LogP contribution in [0.1, 0.15) is 58.8 Å². The highest BCUT2D eigenvalue weighted by Crippen LogP contribution is 2.23. The SMILES string of the molecule is CCCCNC(=O)CCN(C(C)=O)C1CCCC1. The van der Waals surface area contributed by atoms with Crippen molar-refractivity contribution in [2.75, 3.05) is 13.1 Å². The van der Waals surface area contributed by atoms with E-state index in [2.05, 4.69) is 12.2 Å². The summed E-state index contributed by atoms with van der Waals surface area (Å²) < 4.78 is 0. The summed E-state index contributed by atoms with van der Waals surface area (Å²) in [6.07, 6.45) is 7.13. The molecule has 0 heterocycles. The van der Waals surface area contributed by atoms with Gasteiger partial charge in [0.25, 0.3) is 0 Å². The van der Waals surface area contributed by atoms with Gasteiger partial charge in [0.05, 0.1) is 0 Å². The number of hydrogen-bond acceptors (Lipinski definition) is 2. The predicted octanol–water partition coefficient (Wildman–Crippen LogP) is 2.08. The second-order valence-electron chi connectivity index (χ2n) is 5.10. The average molecular weight is 254 g/mol. The van der Waals surface area contributed by atoms with Crippen molar-refractivity contribution in [2.45, 2.75) is 64.8 Å². The summed E-state index contributed by atoms with van der Waals surface area (Å²) in [7, 11) is 0. The van der Waals surface area contributed by atoms with E-state index < -0.39 is 0 Å². The third kappa shape index (κ3) is 5.07. The van der Waals surface area contributed by atoms with E-state index in [9.17, 15) is 9.59 Å². The Hall–Kier alpha value is -1.06. The maximum absolute atomic E-state index is 11.6. The number of carbonyl (C=O) groups is 2. The average Bonchev–Trinajstić information content (AvgIpc) is 2.83. The van der Waals surface area contributed by atoms with E-state index in [-0.39, 0.29) is 11.8 Å². The summed E-state index contributed by atoms with van der Waals surface area (Å²) in [6.45, 7) is 5.02. The van der Waals surface area contributed by atoms with Crippen molar-refractivity contribution in [3.05, 3.63) is 0 Å². The van der Waals surface area contributed by atoms with Crippen LogP contribution in [0.3, 0.4) is 0 Å². The van der Waals surface area contributed by atoms with Gasteiger partial charge in [0.2, 0.25) is 11.8 Å². The molecule has 18 heavy (non-hydrogen) atoms. The van der Waals surface area contributed by atoms with E-state index >= 15 is 0 Å². The van der Waals surface area contributed by atoms with Crippen molar-refractivity contribution in [2.24, 2.45) is 0 Å². The van der Waals surface area contributed by atoms with Gasteiger partial charge in [0.1, 0.15) is 0 Å². The highest BCUT2D eigenvalue weighted by atomic mass is 16.2. The Morgan fingerprint density at radius 3 is 2.50 bits per heavy atom. The lowest BCUT2D eigenvalue weighted by atomic mass is 10.2. The van der Waals surface area contributed by atoms with Gasteiger partial charge in [0.15, 0.2) is 0 Å². The fourth-order valence-corrected chi connectivity index (χ4v) is 2.53. The largest absolute Gasteiger partial charge is 0.356 e. The molecule has 1 N–H and O–H groups in total. The van der Waals surface area contributed by atoms with Crippen LogP contribution in [0, 0.1) is 0 Å². The third-order valence-electron chi connectivity index (χ3n) is 3.60. The number of nitrogens with one attached hydrogen (secondary N) is 1. The summed E-state index contributed by atoms with van der Waals surface area (Å²) >= 11 is 0. The lowest BCUT2D eigenvalue weighted by molar-refractivity contribution is -0.131. The zero-order valence-corrected chi connectivity index (χ0v) is 11.7. The zero-order chi connectivity index (χ0) is 13.4. The molecular formula is C14H26N2O2. The van der Waals surface area contributed by atoms with Gasteiger partial charge in [-0.25, -0.2) is 0 Å². The van der Waals surface area contributed by atoms with E-state index in [0.29, 0.717) is 19.0 Å². The van der Waals surface area contributed by atoms with Crippen LogP contribution in [0.5, 0.6) is 0 Å². The van der Waals surface area contributed by atoms with E-state index in [0.717, 1.165) is 32.2 Å². The molecule has 104 valence electrons. The molecule has 0 aromatic carbocycles. The maximum atomic E-state index is 11.6. The monoisotopic (exact) mass is 254 g/mol. The molecule has 1 saturated carbocycles. The van der Waals surface area contributed by atoms with E-state index in [1.54, 1.807) is 6.92 Å². The minimum absolute atomic E-state index is 0.0627. The molecule has 0 aromatic rings. The smallest absolute Gasteiger partial charge is 0.221 e. The molecule has 2 amide bonds. The quantitative estimate of drug-likeness (QED) is 0.707. The first kappa shape index (κ1) is 15.0. The maximum Gasteiger partial charge on any atom is 0.221 e. The van der Waals surface area contributed by atoms with Gasteiger partial charge in [-0.2, -0.15) is 0 Å². The molecule has 0 aromatic heterocycles. The zero-order valence-electron chi connectivity index (χ0n) is 11.7. The third-order valence-corrected chi connectivity index (χ3v) is 3.60. The molecule has 0 saturated heterocycles. The molecule has 1 rings (SSSR count). The molecule has 0 aliphatic heterocycles. The first-order valence-electron chi connectivity index (χ1n) is 7.19. The highest BCUT2D eigenvalue weighted by molar-refractivity contribution is 5.78. The van der Waals surface area contributed by atoms with Crippen LogP contribution >= 0.6 is 0 Å². The molecule has 0 unspecified atom stereocenters. The van der Waals surface area contributed by atoms with Gasteiger partial charge in [-0.3, -0.25) is 9.59 Å². The molecule has 0 radical (unpaired) electrons. The summed E-state index contributed by atoms with van der Waals surface area (Å²) in [5, 5.41) is 2.89. The predicted molar refractivity (Wildman–Crippen MR) is 72.2 cm³/mol. The van der Waals surface area contributed by atoms with Crippen LogP contribution < -0.4 is 5.32 Å². The molecule has 0 spiro atoms. The molecule has 4 heteroatoms. The Balaban J connectivity index is 2.28. The first-order valence-corrected chi connectivity index (χ1v) is 7.19. The summed E-state index contributed by atoms with van der Waals surface area (Å²) in [5.41, 5.74) is 0. The van der Waals surface area contributed by atoms with E-state index in [4.69, 9.17) is 0 Å². The van der Waals surface area contributed by atoms with Gasteiger partial charge < -0.3 is 10.2 Å². The number of amides is 2. The summed E-state index contributed by atoms with van der Waals surface area (Å²) in [5.74, 6) is 0.163. The fourth-order valence-electron chi connectivity index (χ4n) is 2.53. The van der Waals surface area contributed by atoms with Gasteiger partial charge >= 0.3 is 0 Å². The lowest BCUT2D eigenvalue weighted by Crippen LogP contribution is -2.40. The molecule has 0 atom stereocenters. The summed E-state index contributed by atoms with van der Waals surface area (Å²) in [6, 6.07) is 0.367. The van der Waals surface area contributed by atoms with Gasteiger partial charge in [-0.05, 0) is 19.3 Å². The second kappa shape index (κ2) is 8.11. The number of nitrogens with zero attached hydrogens (tertiary/aromatic N) is 1. The van der Waals surface area contributed by atoms with Gasteiger partial charge in [-0.15, -0.1) is 0 Å². The van der Waals surface area contributed by atoms with Crippen molar-refractivity contribution in [1.29, 1.82) is 0 Å². The van der Waals surface area contributed by atoms with Crippen molar-refractivity contribution in [3.8, 4) is 0 Å². The molecule has 1 aliphatic rings. The Bertz CT molecular complexity index is 273. The van der Waals surface area contributed by atoms with Crippen molar-refractivity contribution in [3.63, 3.8) is 0 Å². The normalized spacial score (nSPS) is 15.7. The van der Waals surface area contributed by atoms with E-state index in [1.165, 1.54) is 12.8 Å². The van der Waals surface area contributed by atoms with Crippen molar-refractivity contribution >= 4 is 11.8 Å². The minimum atomic E-state index is 0.0627.